The van der Waals surface area contributed by atoms with Gasteiger partial charge < -0.3 is 4.90 Å². The number of aromatic nitrogens is 1. The van der Waals surface area contributed by atoms with Crippen LogP contribution < -0.4 is 9.80 Å². The van der Waals surface area contributed by atoms with Gasteiger partial charge in [-0.15, -0.1) is 11.8 Å². The first-order chi connectivity index (χ1) is 13.4. The van der Waals surface area contributed by atoms with Crippen molar-refractivity contribution < 1.29 is 14.6 Å². The average molecular weight is 418 g/mol. The normalized spacial score (nSPS) is 11.1. The van der Waals surface area contributed by atoms with Gasteiger partial charge in [0.25, 0.3) is 5.69 Å². The molecule has 1 N–H and O–H groups in total. The zero-order valence-corrected chi connectivity index (χ0v) is 17.3. The topological polar surface area (TPSA) is 80.8 Å². The Morgan fingerprint density at radius 1 is 1.25 bits per heavy atom. The Morgan fingerprint density at radius 2 is 2.00 bits per heavy atom. The standard InChI is InChI=1S/C19H20N4O3S2/c1-21(2)10-11-22(18(24)13-27-15-6-4-3-5-7-15)19-20-16-9-8-14(23(25)26)12-17(16)28-19/h3-9,12H,10-11,13H2,1-2H3/p+1. The molecule has 28 heavy (non-hydrogen) atoms. The first kappa shape index (κ1) is 20.2. The van der Waals surface area contributed by atoms with Gasteiger partial charge in [-0.05, 0) is 18.2 Å². The number of carbonyl (C=O) groups excluding carboxylic acids is 1. The van der Waals surface area contributed by atoms with Gasteiger partial charge in [-0.3, -0.25) is 19.8 Å². The van der Waals surface area contributed by atoms with Crippen LogP contribution in [0.5, 0.6) is 0 Å². The van der Waals surface area contributed by atoms with Crippen molar-refractivity contribution in [2.24, 2.45) is 0 Å². The first-order valence-electron chi connectivity index (χ1n) is 8.76. The molecule has 0 unspecified atom stereocenters. The van der Waals surface area contributed by atoms with Crippen molar-refractivity contribution in [3.63, 3.8) is 0 Å². The summed E-state index contributed by atoms with van der Waals surface area (Å²) in [5.41, 5.74) is 0.689. The predicted octanol–water partition coefficient (Wildman–Crippen LogP) is 2.47. The van der Waals surface area contributed by atoms with Crippen LogP contribution in [-0.4, -0.2) is 48.8 Å². The third-order valence-corrected chi connectivity index (χ3v) is 6.08. The van der Waals surface area contributed by atoms with Gasteiger partial charge in [0, 0.05) is 17.0 Å². The number of hydrogen-bond donors (Lipinski definition) is 1. The molecule has 1 heterocycles. The molecular weight excluding hydrogens is 396 g/mol. The van der Waals surface area contributed by atoms with Crippen LogP contribution in [0.2, 0.25) is 0 Å². The molecule has 146 valence electrons. The quantitative estimate of drug-likeness (QED) is 0.346. The highest BCUT2D eigenvalue weighted by Gasteiger charge is 2.21. The summed E-state index contributed by atoms with van der Waals surface area (Å²) in [4.78, 5) is 32.0. The molecule has 9 heteroatoms. The lowest BCUT2D eigenvalue weighted by molar-refractivity contribution is -0.856. The minimum atomic E-state index is -0.423. The summed E-state index contributed by atoms with van der Waals surface area (Å²) in [5.74, 6) is 0.284. The van der Waals surface area contributed by atoms with Crippen molar-refractivity contribution in [2.75, 3.05) is 37.8 Å². The molecule has 0 radical (unpaired) electrons. The summed E-state index contributed by atoms with van der Waals surface area (Å²) in [5, 5.41) is 11.6. The zero-order chi connectivity index (χ0) is 20.1. The fourth-order valence-electron chi connectivity index (χ4n) is 2.53. The third kappa shape index (κ3) is 5.06. The highest BCUT2D eigenvalue weighted by molar-refractivity contribution is 8.00. The minimum absolute atomic E-state index is 0.0244. The van der Waals surface area contributed by atoms with E-state index in [1.807, 2.05) is 44.4 Å². The maximum absolute atomic E-state index is 12.9. The Labute approximate surface area is 171 Å². The number of rotatable bonds is 8. The fraction of sp³-hybridized carbons (Fsp3) is 0.263. The largest absolute Gasteiger partial charge is 0.338 e. The molecule has 1 aromatic heterocycles. The number of non-ortho nitro benzene ring substituents is 1. The fourth-order valence-corrected chi connectivity index (χ4v) is 4.37. The second-order valence-electron chi connectivity index (χ2n) is 6.51. The number of thioether (sulfide) groups is 1. The van der Waals surface area contributed by atoms with E-state index >= 15 is 0 Å². The minimum Gasteiger partial charge on any atom is -0.338 e. The number of nitrogens with one attached hydrogen (secondary N) is 1. The van der Waals surface area contributed by atoms with Crippen LogP contribution in [-0.2, 0) is 4.79 Å². The monoisotopic (exact) mass is 417 g/mol. The van der Waals surface area contributed by atoms with Gasteiger partial charge in [0.05, 0.1) is 48.1 Å². The molecule has 1 amide bonds. The summed E-state index contributed by atoms with van der Waals surface area (Å²) < 4.78 is 0.704. The number of anilines is 1. The molecule has 0 saturated carbocycles. The molecule has 0 fully saturated rings. The SMILES string of the molecule is C[NH+](C)CCN(C(=O)CSc1ccccc1)c1nc2ccc([N+](=O)[O-])cc2s1. The van der Waals surface area contributed by atoms with Crippen molar-refractivity contribution in [1.82, 2.24) is 4.98 Å². The predicted molar refractivity (Wildman–Crippen MR) is 113 cm³/mol. The molecule has 7 nitrogen and oxygen atoms in total. The number of hydrogen-bond acceptors (Lipinski definition) is 6. The van der Waals surface area contributed by atoms with Gasteiger partial charge in [-0.1, -0.05) is 29.5 Å². The smallest absolute Gasteiger partial charge is 0.270 e. The number of likely N-dealkylation sites (N-methyl/N-ethyl adjacent to an activating group) is 1. The van der Waals surface area contributed by atoms with E-state index in [9.17, 15) is 14.9 Å². The number of amides is 1. The van der Waals surface area contributed by atoms with E-state index < -0.39 is 4.92 Å². The molecule has 0 aliphatic carbocycles. The van der Waals surface area contributed by atoms with Gasteiger partial charge >= 0.3 is 0 Å². The number of fused-ring (bicyclic) bond motifs is 1. The van der Waals surface area contributed by atoms with Crippen LogP contribution in [0.15, 0.2) is 53.4 Å². The number of nitro groups is 1. The summed E-state index contributed by atoms with van der Waals surface area (Å²) in [6.07, 6.45) is 0. The van der Waals surface area contributed by atoms with Gasteiger partial charge in [-0.25, -0.2) is 4.98 Å². The van der Waals surface area contributed by atoms with E-state index in [-0.39, 0.29) is 11.6 Å². The van der Waals surface area contributed by atoms with Crippen LogP contribution in [0.25, 0.3) is 10.2 Å². The second-order valence-corrected chi connectivity index (χ2v) is 8.57. The highest BCUT2D eigenvalue weighted by atomic mass is 32.2. The third-order valence-electron chi connectivity index (χ3n) is 4.04. The molecule has 0 spiro atoms. The van der Waals surface area contributed by atoms with E-state index in [1.165, 1.54) is 40.1 Å². The maximum atomic E-state index is 12.9. The van der Waals surface area contributed by atoms with Crippen molar-refractivity contribution in [1.29, 1.82) is 0 Å². The molecule has 3 rings (SSSR count). The van der Waals surface area contributed by atoms with Gasteiger partial charge in [0.1, 0.15) is 0 Å². The number of nitrogens with zero attached hydrogens (tertiary/aromatic N) is 3. The Bertz CT molecular complexity index is 976. The summed E-state index contributed by atoms with van der Waals surface area (Å²) >= 11 is 2.80. The van der Waals surface area contributed by atoms with E-state index in [1.54, 1.807) is 11.0 Å². The zero-order valence-electron chi connectivity index (χ0n) is 15.6. The number of benzene rings is 2. The summed E-state index contributed by atoms with van der Waals surface area (Å²) in [6.45, 7) is 1.32. The Balaban J connectivity index is 1.83. The lowest BCUT2D eigenvalue weighted by Crippen LogP contribution is -3.06. The van der Waals surface area contributed by atoms with Crippen molar-refractivity contribution in [2.45, 2.75) is 4.90 Å². The van der Waals surface area contributed by atoms with E-state index in [2.05, 4.69) is 4.98 Å². The molecule has 0 aliphatic rings. The molecule has 0 saturated heterocycles. The van der Waals surface area contributed by atoms with E-state index in [4.69, 9.17) is 0 Å². The summed E-state index contributed by atoms with van der Waals surface area (Å²) in [6, 6.07) is 14.4. The Hall–Kier alpha value is -2.49. The van der Waals surface area contributed by atoms with Crippen molar-refractivity contribution >= 4 is 50.0 Å². The number of carbonyl (C=O) groups is 1. The molecule has 3 aromatic rings. The van der Waals surface area contributed by atoms with Crippen molar-refractivity contribution in [3.8, 4) is 0 Å². The summed E-state index contributed by atoms with van der Waals surface area (Å²) in [7, 11) is 4.06. The lowest BCUT2D eigenvalue weighted by atomic mass is 10.3. The lowest BCUT2D eigenvalue weighted by Gasteiger charge is -2.20. The molecular formula is C19H21N4O3S2+. The van der Waals surface area contributed by atoms with Crippen LogP contribution in [0.1, 0.15) is 0 Å². The first-order valence-corrected chi connectivity index (χ1v) is 10.6. The Kier molecular flexibility index (Phi) is 6.61. The van der Waals surface area contributed by atoms with Gasteiger partial charge in [-0.2, -0.15) is 0 Å². The number of quaternary nitrogens is 1. The molecule has 0 aliphatic heterocycles. The molecule has 2 aromatic carbocycles. The maximum Gasteiger partial charge on any atom is 0.270 e. The van der Waals surface area contributed by atoms with Crippen LogP contribution in [0.4, 0.5) is 10.8 Å². The van der Waals surface area contributed by atoms with E-state index in [0.717, 1.165) is 11.4 Å². The van der Waals surface area contributed by atoms with Crippen LogP contribution in [0.3, 0.4) is 0 Å². The van der Waals surface area contributed by atoms with E-state index in [0.29, 0.717) is 27.6 Å². The molecule has 0 atom stereocenters. The molecule has 0 bridgehead atoms. The number of thiazole rings is 1. The number of nitro benzene ring substituents is 1. The van der Waals surface area contributed by atoms with Crippen LogP contribution in [0, 0.1) is 10.1 Å². The van der Waals surface area contributed by atoms with Crippen molar-refractivity contribution in [3.05, 3.63) is 58.6 Å². The van der Waals surface area contributed by atoms with Gasteiger partial charge in [0.2, 0.25) is 5.91 Å². The Morgan fingerprint density at radius 3 is 2.68 bits per heavy atom. The van der Waals surface area contributed by atoms with Crippen LogP contribution >= 0.6 is 23.1 Å². The second kappa shape index (κ2) is 9.13. The highest BCUT2D eigenvalue weighted by Crippen LogP contribution is 2.32. The van der Waals surface area contributed by atoms with Gasteiger partial charge in [0.15, 0.2) is 5.13 Å². The average Bonchev–Trinajstić information content (AvgIpc) is 3.09.